The van der Waals surface area contributed by atoms with Crippen LogP contribution in [0.15, 0.2) is 16.9 Å². The first-order valence-electron chi connectivity index (χ1n) is 10.9. The minimum absolute atomic E-state index is 0.123. The fourth-order valence-electron chi connectivity index (χ4n) is 4.32. The molecule has 1 aliphatic rings. The molecule has 0 aliphatic carbocycles. The summed E-state index contributed by atoms with van der Waals surface area (Å²) in [7, 11) is 2.20. The average molecular weight is 385 g/mol. The Morgan fingerprint density at radius 2 is 1.79 bits per heavy atom. The molecule has 0 N–H and O–H groups in total. The number of hydrogen-bond acceptors (Lipinski definition) is 4. The molecule has 3 rings (SSSR count). The maximum atomic E-state index is 13.4. The number of hydrogen-bond donors (Lipinski definition) is 0. The standard InChI is InChI=1S/C23H36N4O/c1-6-9-21(26-12-8-11-25(5)13-14-26)22-24-20-16-18(4)17(3)15-19(20)23(28)27(22)10-7-2/h15-16,21H,6-14H2,1-5H3. The fraction of sp³-hybridized carbons (Fsp3) is 0.652. The maximum Gasteiger partial charge on any atom is 0.261 e. The molecule has 1 atom stereocenters. The molecule has 0 saturated carbocycles. The monoisotopic (exact) mass is 384 g/mol. The van der Waals surface area contributed by atoms with Crippen molar-refractivity contribution in [2.75, 3.05) is 33.2 Å². The van der Waals surface area contributed by atoms with Gasteiger partial charge >= 0.3 is 0 Å². The Bertz CT molecular complexity index is 873. The minimum Gasteiger partial charge on any atom is -0.305 e. The van der Waals surface area contributed by atoms with Crippen LogP contribution in [0, 0.1) is 13.8 Å². The number of benzene rings is 1. The summed E-state index contributed by atoms with van der Waals surface area (Å²) in [4.78, 5) is 23.5. The van der Waals surface area contributed by atoms with Crippen LogP contribution < -0.4 is 5.56 Å². The highest BCUT2D eigenvalue weighted by Gasteiger charge is 2.26. The third-order valence-electron chi connectivity index (χ3n) is 6.10. The van der Waals surface area contributed by atoms with Crippen molar-refractivity contribution in [1.29, 1.82) is 0 Å². The van der Waals surface area contributed by atoms with Crippen LogP contribution >= 0.6 is 0 Å². The molecule has 0 spiro atoms. The molecule has 1 unspecified atom stereocenters. The Morgan fingerprint density at radius 3 is 2.50 bits per heavy atom. The molecule has 5 nitrogen and oxygen atoms in total. The number of aryl methyl sites for hydroxylation is 2. The summed E-state index contributed by atoms with van der Waals surface area (Å²) in [6, 6.07) is 4.32. The quantitative estimate of drug-likeness (QED) is 0.757. The van der Waals surface area contributed by atoms with Crippen molar-refractivity contribution in [3.05, 3.63) is 39.4 Å². The summed E-state index contributed by atoms with van der Waals surface area (Å²) in [5.41, 5.74) is 3.33. The van der Waals surface area contributed by atoms with Gasteiger partial charge in [-0.25, -0.2) is 4.98 Å². The first-order chi connectivity index (χ1) is 13.5. The van der Waals surface area contributed by atoms with Crippen LogP contribution in [0.25, 0.3) is 10.9 Å². The molecule has 0 amide bonds. The molecule has 2 heterocycles. The van der Waals surface area contributed by atoms with E-state index in [9.17, 15) is 4.79 Å². The maximum absolute atomic E-state index is 13.4. The number of aromatic nitrogens is 2. The fourth-order valence-corrected chi connectivity index (χ4v) is 4.32. The van der Waals surface area contributed by atoms with Gasteiger partial charge < -0.3 is 4.90 Å². The molecule has 1 aromatic heterocycles. The zero-order valence-corrected chi connectivity index (χ0v) is 18.3. The molecule has 1 aliphatic heterocycles. The van der Waals surface area contributed by atoms with Crippen molar-refractivity contribution in [3.63, 3.8) is 0 Å². The van der Waals surface area contributed by atoms with Gasteiger partial charge in [-0.3, -0.25) is 14.3 Å². The molecule has 154 valence electrons. The smallest absolute Gasteiger partial charge is 0.261 e. The topological polar surface area (TPSA) is 41.4 Å². The second kappa shape index (κ2) is 9.19. The summed E-state index contributed by atoms with van der Waals surface area (Å²) < 4.78 is 1.96. The largest absolute Gasteiger partial charge is 0.305 e. The van der Waals surface area contributed by atoms with Crippen LogP contribution in [0.4, 0.5) is 0 Å². The van der Waals surface area contributed by atoms with Gasteiger partial charge in [-0.1, -0.05) is 20.3 Å². The van der Waals surface area contributed by atoms with Crippen molar-refractivity contribution in [2.24, 2.45) is 0 Å². The van der Waals surface area contributed by atoms with E-state index >= 15 is 0 Å². The Balaban J connectivity index is 2.15. The number of nitrogens with zero attached hydrogens (tertiary/aromatic N) is 4. The van der Waals surface area contributed by atoms with E-state index in [4.69, 9.17) is 4.98 Å². The Hall–Kier alpha value is -1.72. The van der Waals surface area contributed by atoms with Gasteiger partial charge in [0.15, 0.2) is 0 Å². The summed E-state index contributed by atoms with van der Waals surface area (Å²) in [5.74, 6) is 0.967. The molecule has 0 bridgehead atoms. The van der Waals surface area contributed by atoms with E-state index in [0.717, 1.165) is 74.3 Å². The van der Waals surface area contributed by atoms with Crippen LogP contribution in [-0.2, 0) is 6.54 Å². The first kappa shape index (κ1) is 21.0. The summed E-state index contributed by atoms with van der Waals surface area (Å²) in [6.45, 7) is 13.6. The van der Waals surface area contributed by atoms with Crippen LogP contribution in [0.1, 0.15) is 62.5 Å². The van der Waals surface area contributed by atoms with Gasteiger partial charge in [0.05, 0.1) is 16.9 Å². The minimum atomic E-state index is 0.123. The van der Waals surface area contributed by atoms with Crippen LogP contribution in [0.3, 0.4) is 0 Å². The highest BCUT2D eigenvalue weighted by Crippen LogP contribution is 2.27. The lowest BCUT2D eigenvalue weighted by Gasteiger charge is -2.31. The molecule has 1 fully saturated rings. The Kier molecular flexibility index (Phi) is 6.89. The summed E-state index contributed by atoms with van der Waals surface area (Å²) in [6.07, 6.45) is 4.23. The van der Waals surface area contributed by atoms with Crippen molar-refractivity contribution in [2.45, 2.75) is 66.0 Å². The number of fused-ring (bicyclic) bond motifs is 1. The van der Waals surface area contributed by atoms with Crippen molar-refractivity contribution >= 4 is 10.9 Å². The highest BCUT2D eigenvalue weighted by atomic mass is 16.1. The van der Waals surface area contributed by atoms with E-state index < -0.39 is 0 Å². The highest BCUT2D eigenvalue weighted by molar-refractivity contribution is 5.79. The van der Waals surface area contributed by atoms with E-state index in [2.05, 4.69) is 50.6 Å². The summed E-state index contributed by atoms with van der Waals surface area (Å²) >= 11 is 0. The van der Waals surface area contributed by atoms with Gasteiger partial charge in [0.25, 0.3) is 5.56 Å². The molecule has 1 aromatic carbocycles. The predicted octanol–water partition coefficient (Wildman–Crippen LogP) is 3.90. The zero-order valence-electron chi connectivity index (χ0n) is 18.3. The first-order valence-corrected chi connectivity index (χ1v) is 10.9. The van der Waals surface area contributed by atoms with Gasteiger partial charge in [-0.2, -0.15) is 0 Å². The van der Waals surface area contributed by atoms with Gasteiger partial charge in [-0.15, -0.1) is 0 Å². The normalized spacial score (nSPS) is 17.8. The SMILES string of the molecule is CCCC(c1nc2cc(C)c(C)cc2c(=O)n1CCC)N1CCCN(C)CC1. The molecular weight excluding hydrogens is 348 g/mol. The average Bonchev–Trinajstić information content (AvgIpc) is 2.88. The van der Waals surface area contributed by atoms with Gasteiger partial charge in [0.2, 0.25) is 0 Å². The van der Waals surface area contributed by atoms with E-state index in [1.165, 1.54) is 12.0 Å². The Morgan fingerprint density at radius 1 is 1.04 bits per heavy atom. The van der Waals surface area contributed by atoms with Gasteiger partial charge in [-0.05, 0) is 70.0 Å². The van der Waals surface area contributed by atoms with Gasteiger partial charge in [0.1, 0.15) is 5.82 Å². The molecule has 1 saturated heterocycles. The van der Waals surface area contributed by atoms with Crippen molar-refractivity contribution in [3.8, 4) is 0 Å². The lowest BCUT2D eigenvalue weighted by atomic mass is 10.0. The number of rotatable bonds is 6. The molecule has 0 radical (unpaired) electrons. The molecule has 28 heavy (non-hydrogen) atoms. The second-order valence-corrected chi connectivity index (χ2v) is 8.38. The van der Waals surface area contributed by atoms with Crippen molar-refractivity contribution in [1.82, 2.24) is 19.4 Å². The zero-order chi connectivity index (χ0) is 20.3. The third kappa shape index (κ3) is 4.31. The van der Waals surface area contributed by atoms with Crippen molar-refractivity contribution < 1.29 is 0 Å². The van der Waals surface area contributed by atoms with E-state index in [-0.39, 0.29) is 11.6 Å². The summed E-state index contributed by atoms with van der Waals surface area (Å²) in [5, 5.41) is 0.756. The third-order valence-corrected chi connectivity index (χ3v) is 6.10. The van der Waals surface area contributed by atoms with E-state index in [0.29, 0.717) is 0 Å². The van der Waals surface area contributed by atoms with Crippen LogP contribution in [-0.4, -0.2) is 52.6 Å². The van der Waals surface area contributed by atoms with Crippen LogP contribution in [0.2, 0.25) is 0 Å². The lowest BCUT2D eigenvalue weighted by Crippen LogP contribution is -2.37. The molecule has 5 heteroatoms. The van der Waals surface area contributed by atoms with E-state index in [1.54, 1.807) is 0 Å². The molecule has 2 aromatic rings. The van der Waals surface area contributed by atoms with Crippen LogP contribution in [0.5, 0.6) is 0 Å². The van der Waals surface area contributed by atoms with Gasteiger partial charge in [0, 0.05) is 26.2 Å². The second-order valence-electron chi connectivity index (χ2n) is 8.38. The van der Waals surface area contributed by atoms with E-state index in [1.807, 2.05) is 10.6 Å². The lowest BCUT2D eigenvalue weighted by molar-refractivity contribution is 0.179. The predicted molar refractivity (Wildman–Crippen MR) is 117 cm³/mol. The molecular formula is C23H36N4O. The Labute approximate surface area is 169 Å². The number of likely N-dealkylation sites (N-methyl/N-ethyl adjacent to an activating group) is 1.